The van der Waals surface area contributed by atoms with Gasteiger partial charge in [0, 0.05) is 23.5 Å². The van der Waals surface area contributed by atoms with Gasteiger partial charge < -0.3 is 10.2 Å². The van der Waals surface area contributed by atoms with E-state index in [2.05, 4.69) is 21.2 Å². The number of anilines is 1. The molecule has 0 saturated heterocycles. The summed E-state index contributed by atoms with van der Waals surface area (Å²) in [6, 6.07) is 19.9. The fourth-order valence-electron chi connectivity index (χ4n) is 4.02. The van der Waals surface area contributed by atoms with E-state index in [1.165, 1.54) is 4.90 Å². The topological polar surface area (TPSA) is 86.8 Å². The Bertz CT molecular complexity index is 1420. The van der Waals surface area contributed by atoms with Crippen LogP contribution in [0.4, 0.5) is 5.69 Å². The summed E-state index contributed by atoms with van der Waals surface area (Å²) in [5.41, 5.74) is 1.80. The summed E-state index contributed by atoms with van der Waals surface area (Å²) in [7, 11) is -3.86. The molecular formula is C28H30BrCl2N3O4S. The van der Waals surface area contributed by atoms with Crippen LogP contribution in [0.3, 0.4) is 0 Å². The lowest BCUT2D eigenvalue weighted by atomic mass is 10.0. The Balaban J connectivity index is 2.08. The molecule has 39 heavy (non-hydrogen) atoms. The molecule has 0 fully saturated rings. The van der Waals surface area contributed by atoms with Crippen LogP contribution in [0.1, 0.15) is 25.0 Å². The second-order valence-corrected chi connectivity index (χ2v) is 12.9. The lowest BCUT2D eigenvalue weighted by Crippen LogP contribution is -2.54. The van der Waals surface area contributed by atoms with E-state index in [1.54, 1.807) is 42.5 Å². The SMILES string of the molecule is CC(C)NC(=O)[C@@H](Cc1ccccc1)N(Cc1ccc(Cl)c(Cl)c1)C(=O)CN(c1ccccc1Br)S(C)(=O)=O. The maximum Gasteiger partial charge on any atom is 0.244 e. The first kappa shape index (κ1) is 30.9. The number of hydrogen-bond donors (Lipinski definition) is 1. The molecule has 0 aliphatic heterocycles. The van der Waals surface area contributed by atoms with E-state index < -0.39 is 28.5 Å². The third kappa shape index (κ3) is 8.70. The van der Waals surface area contributed by atoms with Crippen molar-refractivity contribution in [2.45, 2.75) is 38.9 Å². The summed E-state index contributed by atoms with van der Waals surface area (Å²) in [6.45, 7) is 3.16. The Morgan fingerprint density at radius 3 is 2.15 bits per heavy atom. The number of carbonyl (C=O) groups is 2. The number of nitrogens with zero attached hydrogens (tertiary/aromatic N) is 2. The van der Waals surface area contributed by atoms with Gasteiger partial charge in [-0.1, -0.05) is 71.7 Å². The standard InChI is InChI=1S/C28H30BrCl2N3O4S/c1-19(2)32-28(36)26(16-20-9-5-4-6-10-20)33(17-21-13-14-23(30)24(31)15-21)27(35)18-34(39(3,37)38)25-12-8-7-11-22(25)29/h4-15,19,26H,16-18H2,1-3H3,(H,32,36)/t26-/m1/s1. The summed E-state index contributed by atoms with van der Waals surface area (Å²) in [5, 5.41) is 3.57. The number of halogens is 3. The molecule has 208 valence electrons. The van der Waals surface area contributed by atoms with Gasteiger partial charge in [0.1, 0.15) is 12.6 Å². The van der Waals surface area contributed by atoms with Gasteiger partial charge in [-0.05, 0) is 65.2 Å². The van der Waals surface area contributed by atoms with Crippen LogP contribution in [0.15, 0.2) is 77.3 Å². The molecule has 0 saturated carbocycles. The van der Waals surface area contributed by atoms with E-state index in [0.717, 1.165) is 16.1 Å². The Kier molecular flexibility index (Phi) is 10.8. The summed E-state index contributed by atoms with van der Waals surface area (Å²) >= 11 is 15.7. The normalized spacial score (nSPS) is 12.2. The number of carbonyl (C=O) groups excluding carboxylic acids is 2. The molecule has 0 spiro atoms. The van der Waals surface area contributed by atoms with Gasteiger partial charge in [0.15, 0.2) is 0 Å². The van der Waals surface area contributed by atoms with Crippen LogP contribution in [-0.2, 0) is 32.6 Å². The fraction of sp³-hybridized carbons (Fsp3) is 0.286. The van der Waals surface area contributed by atoms with Crippen molar-refractivity contribution in [3.8, 4) is 0 Å². The summed E-state index contributed by atoms with van der Waals surface area (Å²) in [6.07, 6.45) is 1.26. The minimum Gasteiger partial charge on any atom is -0.352 e. The molecule has 0 radical (unpaired) electrons. The van der Waals surface area contributed by atoms with E-state index in [0.29, 0.717) is 25.8 Å². The van der Waals surface area contributed by atoms with Gasteiger partial charge in [0.2, 0.25) is 21.8 Å². The van der Waals surface area contributed by atoms with Crippen LogP contribution in [0.25, 0.3) is 0 Å². The van der Waals surface area contributed by atoms with Crippen LogP contribution >= 0.6 is 39.1 Å². The van der Waals surface area contributed by atoms with Crippen molar-refractivity contribution in [2.75, 3.05) is 17.1 Å². The van der Waals surface area contributed by atoms with Gasteiger partial charge >= 0.3 is 0 Å². The Morgan fingerprint density at radius 1 is 0.923 bits per heavy atom. The van der Waals surface area contributed by atoms with Crippen LogP contribution in [0.5, 0.6) is 0 Å². The number of benzene rings is 3. The van der Waals surface area contributed by atoms with Crippen molar-refractivity contribution >= 4 is 66.7 Å². The van der Waals surface area contributed by atoms with Gasteiger partial charge in [-0.2, -0.15) is 0 Å². The summed E-state index contributed by atoms with van der Waals surface area (Å²) < 4.78 is 27.2. The van der Waals surface area contributed by atoms with Crippen molar-refractivity contribution in [1.82, 2.24) is 10.2 Å². The van der Waals surface area contributed by atoms with Crippen LogP contribution in [0, 0.1) is 0 Å². The summed E-state index contributed by atoms with van der Waals surface area (Å²) in [4.78, 5) is 29.0. The van der Waals surface area contributed by atoms with E-state index in [1.807, 2.05) is 44.2 Å². The second kappa shape index (κ2) is 13.7. The van der Waals surface area contributed by atoms with Crippen LogP contribution < -0.4 is 9.62 Å². The maximum atomic E-state index is 14.0. The first-order valence-electron chi connectivity index (χ1n) is 12.2. The first-order chi connectivity index (χ1) is 18.4. The van der Waals surface area contributed by atoms with Gasteiger partial charge in [-0.15, -0.1) is 0 Å². The highest BCUT2D eigenvalue weighted by Crippen LogP contribution is 2.29. The lowest BCUT2D eigenvalue weighted by Gasteiger charge is -2.34. The predicted octanol–water partition coefficient (Wildman–Crippen LogP) is 5.69. The Labute approximate surface area is 248 Å². The molecule has 0 aromatic heterocycles. The molecule has 0 aliphatic rings. The minimum absolute atomic E-state index is 0.00625. The van der Waals surface area contributed by atoms with Gasteiger partial charge in [0.25, 0.3) is 0 Å². The highest BCUT2D eigenvalue weighted by Gasteiger charge is 2.33. The molecule has 1 atom stereocenters. The van der Waals surface area contributed by atoms with E-state index in [4.69, 9.17) is 23.2 Å². The third-order valence-corrected chi connectivity index (χ3v) is 8.38. The maximum absolute atomic E-state index is 14.0. The largest absolute Gasteiger partial charge is 0.352 e. The molecule has 0 unspecified atom stereocenters. The molecule has 0 aliphatic carbocycles. The fourth-order valence-corrected chi connectivity index (χ4v) is 5.82. The molecule has 11 heteroatoms. The van der Waals surface area contributed by atoms with Gasteiger partial charge in [-0.25, -0.2) is 8.42 Å². The molecule has 3 aromatic carbocycles. The molecule has 1 N–H and O–H groups in total. The summed E-state index contributed by atoms with van der Waals surface area (Å²) in [5.74, 6) is -0.906. The highest BCUT2D eigenvalue weighted by molar-refractivity contribution is 9.10. The van der Waals surface area contributed by atoms with E-state index >= 15 is 0 Å². The van der Waals surface area contributed by atoms with Crippen molar-refractivity contribution in [3.05, 3.63) is 98.4 Å². The van der Waals surface area contributed by atoms with E-state index in [9.17, 15) is 18.0 Å². The van der Waals surface area contributed by atoms with Crippen molar-refractivity contribution < 1.29 is 18.0 Å². The van der Waals surface area contributed by atoms with Crippen molar-refractivity contribution in [3.63, 3.8) is 0 Å². The third-order valence-electron chi connectivity index (χ3n) is 5.84. The highest BCUT2D eigenvalue weighted by atomic mass is 79.9. The smallest absolute Gasteiger partial charge is 0.244 e. The molecule has 7 nitrogen and oxygen atoms in total. The molecular weight excluding hydrogens is 625 g/mol. The zero-order valence-corrected chi connectivity index (χ0v) is 25.7. The molecule has 3 aromatic rings. The van der Waals surface area contributed by atoms with E-state index in [-0.39, 0.29) is 24.9 Å². The first-order valence-corrected chi connectivity index (χ1v) is 15.6. The van der Waals surface area contributed by atoms with Gasteiger partial charge in [0.05, 0.1) is 22.0 Å². The number of rotatable bonds is 11. The van der Waals surface area contributed by atoms with Crippen LogP contribution in [0.2, 0.25) is 10.0 Å². The zero-order valence-electron chi connectivity index (χ0n) is 21.8. The molecule has 3 rings (SSSR count). The quantitative estimate of drug-likeness (QED) is 0.288. The zero-order chi connectivity index (χ0) is 28.7. The van der Waals surface area contributed by atoms with Gasteiger partial charge in [-0.3, -0.25) is 13.9 Å². The number of para-hydroxylation sites is 1. The number of amides is 2. The second-order valence-electron chi connectivity index (χ2n) is 9.36. The lowest BCUT2D eigenvalue weighted by molar-refractivity contribution is -0.140. The number of sulfonamides is 1. The average Bonchev–Trinajstić information content (AvgIpc) is 2.86. The number of hydrogen-bond acceptors (Lipinski definition) is 4. The monoisotopic (exact) mass is 653 g/mol. The number of nitrogens with one attached hydrogen (secondary N) is 1. The Hall–Kier alpha value is -2.59. The Morgan fingerprint density at radius 2 is 1.56 bits per heavy atom. The molecule has 2 amide bonds. The minimum atomic E-state index is -3.86. The molecule has 0 heterocycles. The van der Waals surface area contributed by atoms with Crippen molar-refractivity contribution in [1.29, 1.82) is 0 Å². The van der Waals surface area contributed by atoms with Crippen molar-refractivity contribution in [2.24, 2.45) is 0 Å². The average molecular weight is 655 g/mol. The predicted molar refractivity (Wildman–Crippen MR) is 161 cm³/mol. The van der Waals surface area contributed by atoms with Crippen LogP contribution in [-0.4, -0.2) is 50.0 Å². The molecule has 0 bridgehead atoms.